The van der Waals surface area contributed by atoms with Gasteiger partial charge in [0.05, 0.1) is 19.3 Å². The Balaban J connectivity index is 1.25. The summed E-state index contributed by atoms with van der Waals surface area (Å²) in [7, 11) is 0. The average Bonchev–Trinajstić information content (AvgIpc) is 3.56. The van der Waals surface area contributed by atoms with E-state index in [0.29, 0.717) is 42.7 Å². The molecule has 3 heterocycles. The summed E-state index contributed by atoms with van der Waals surface area (Å²) in [6.45, 7) is -0.281. The topological polar surface area (TPSA) is 145 Å². The number of aliphatic hydroxyl groups is 3. The smallest absolute Gasteiger partial charge is 0.161 e. The minimum absolute atomic E-state index is 0.0242. The van der Waals surface area contributed by atoms with Gasteiger partial charge in [-0.05, 0) is 107 Å². The molecule has 0 bridgehead atoms. The van der Waals surface area contributed by atoms with E-state index in [0.717, 1.165) is 50.7 Å². The van der Waals surface area contributed by atoms with Crippen molar-refractivity contribution in [3.8, 4) is 39.9 Å². The fraction of sp³-hybridized carbons (Fsp3) is 0.316. The minimum atomic E-state index is -0.884. The Morgan fingerprint density at radius 3 is 2.62 bits per heavy atom. The molecule has 0 saturated carbocycles. The van der Waals surface area contributed by atoms with Crippen LogP contribution in [0.4, 0.5) is 0 Å². The van der Waals surface area contributed by atoms with Crippen molar-refractivity contribution in [3.63, 3.8) is 0 Å². The fourth-order valence-corrected chi connectivity index (χ4v) is 7.71. The first kappa shape index (κ1) is 29.7. The van der Waals surface area contributed by atoms with E-state index in [1.165, 1.54) is 11.6 Å². The van der Waals surface area contributed by atoms with Crippen molar-refractivity contribution in [2.24, 2.45) is 0 Å². The third-order valence-corrected chi connectivity index (χ3v) is 9.88. The van der Waals surface area contributed by atoms with Crippen molar-refractivity contribution in [3.05, 3.63) is 100 Å². The van der Waals surface area contributed by atoms with E-state index in [1.807, 2.05) is 18.3 Å². The van der Waals surface area contributed by atoms with E-state index < -0.39 is 12.2 Å². The van der Waals surface area contributed by atoms with Crippen LogP contribution in [0.15, 0.2) is 66.9 Å². The van der Waals surface area contributed by atoms with Gasteiger partial charge in [-0.2, -0.15) is 0 Å². The molecule has 0 amide bonds. The second kappa shape index (κ2) is 11.8. The van der Waals surface area contributed by atoms with Crippen LogP contribution in [0.3, 0.4) is 0 Å². The van der Waals surface area contributed by atoms with E-state index in [-0.39, 0.29) is 49.1 Å². The lowest BCUT2D eigenvalue weighted by Crippen LogP contribution is -2.34. The van der Waals surface area contributed by atoms with Gasteiger partial charge in [0.15, 0.2) is 11.5 Å². The summed E-state index contributed by atoms with van der Waals surface area (Å²) >= 11 is 0. The van der Waals surface area contributed by atoms with Gasteiger partial charge in [-0.15, -0.1) is 0 Å². The number of H-pyrrole nitrogens is 1. The highest BCUT2D eigenvalue weighted by Gasteiger charge is 2.41. The van der Waals surface area contributed by atoms with Crippen LogP contribution in [0.1, 0.15) is 51.8 Å². The molecule has 0 radical (unpaired) electrons. The van der Waals surface area contributed by atoms with E-state index in [2.05, 4.69) is 29.2 Å². The molecule has 9 heteroatoms. The number of phenols is 2. The van der Waals surface area contributed by atoms with Crippen LogP contribution in [-0.2, 0) is 25.7 Å². The minimum Gasteiger partial charge on any atom is -0.508 e. The summed E-state index contributed by atoms with van der Waals surface area (Å²) in [5.74, 6) is 1.78. The molecule has 6 N–H and O–H groups in total. The number of benzene rings is 4. The number of rotatable bonds is 7. The van der Waals surface area contributed by atoms with E-state index >= 15 is 0 Å². The predicted molar refractivity (Wildman–Crippen MR) is 176 cm³/mol. The van der Waals surface area contributed by atoms with Crippen LogP contribution in [0.25, 0.3) is 22.0 Å². The number of aromatic amines is 1. The summed E-state index contributed by atoms with van der Waals surface area (Å²) < 4.78 is 18.8. The number of fused-ring (bicyclic) bond motifs is 9. The molecule has 4 atom stereocenters. The second-order valence-corrected chi connectivity index (χ2v) is 12.8. The molecule has 3 aliphatic rings. The van der Waals surface area contributed by atoms with Gasteiger partial charge in [-0.1, -0.05) is 18.2 Å². The Kier molecular flexibility index (Phi) is 7.47. The summed E-state index contributed by atoms with van der Waals surface area (Å²) in [6.07, 6.45) is 2.97. The van der Waals surface area contributed by atoms with Crippen molar-refractivity contribution < 1.29 is 39.7 Å². The number of hydrogen-bond donors (Lipinski definition) is 6. The molecule has 2 aliphatic heterocycles. The predicted octanol–water partition coefficient (Wildman–Crippen LogP) is 5.22. The lowest BCUT2D eigenvalue weighted by molar-refractivity contribution is 0.0180. The Labute approximate surface area is 271 Å². The van der Waals surface area contributed by atoms with Gasteiger partial charge >= 0.3 is 0 Å². The molecule has 9 nitrogen and oxygen atoms in total. The number of ether oxygens (including phenoxy) is 3. The zero-order chi connectivity index (χ0) is 32.2. The van der Waals surface area contributed by atoms with Gasteiger partial charge in [-0.3, -0.25) is 0 Å². The monoisotopic (exact) mass is 635 g/mol. The maximum absolute atomic E-state index is 11.6. The maximum Gasteiger partial charge on any atom is 0.161 e. The molecule has 242 valence electrons. The van der Waals surface area contributed by atoms with Crippen molar-refractivity contribution in [2.75, 3.05) is 19.8 Å². The number of nitrogens with one attached hydrogen (secondary N) is 1. The first-order valence-corrected chi connectivity index (χ1v) is 16.2. The quantitative estimate of drug-likeness (QED) is 0.143. The molecule has 0 saturated heterocycles. The standard InChI is InChI=1S/C38H37NO8/c40-11-12-45-34-16-22(2-8-32(34)43)36-33(44)18-30-29-15-23(14-20-1-7-31-21(13-20)9-10-39-31)28-17-24(42)3-5-26(28)35(29)38-27(37(30)47-36)6-4-25(19-41)46-38/h1-3,5,7-10,13,16-17,23,25,33,36,39-44H,4,6,11-12,14-15,18-19H2/t23-,25+,33+,36+/m0/s1. The first-order chi connectivity index (χ1) is 22.9. The summed E-state index contributed by atoms with van der Waals surface area (Å²) in [5.41, 5.74) is 8.80. The Morgan fingerprint density at radius 1 is 0.872 bits per heavy atom. The molecule has 4 aromatic carbocycles. The molecule has 1 aliphatic carbocycles. The highest BCUT2D eigenvalue weighted by molar-refractivity contribution is 5.85. The number of aromatic hydroxyl groups is 2. The third-order valence-electron chi connectivity index (χ3n) is 9.88. The van der Waals surface area contributed by atoms with E-state index in [1.54, 1.807) is 18.2 Å². The molecule has 47 heavy (non-hydrogen) atoms. The van der Waals surface area contributed by atoms with Gasteiger partial charge in [-0.25, -0.2) is 0 Å². The third kappa shape index (κ3) is 5.15. The van der Waals surface area contributed by atoms with Crippen LogP contribution in [0, 0.1) is 0 Å². The summed E-state index contributed by atoms with van der Waals surface area (Å²) in [4.78, 5) is 3.26. The second-order valence-electron chi connectivity index (χ2n) is 12.8. The maximum atomic E-state index is 11.6. The van der Waals surface area contributed by atoms with Gasteiger partial charge < -0.3 is 44.7 Å². The van der Waals surface area contributed by atoms with Gasteiger partial charge in [0.2, 0.25) is 0 Å². The van der Waals surface area contributed by atoms with E-state index in [9.17, 15) is 25.5 Å². The zero-order valence-electron chi connectivity index (χ0n) is 25.8. The fourth-order valence-electron chi connectivity index (χ4n) is 7.71. The molecular formula is C38H37NO8. The number of phenolic OH excluding ortho intramolecular Hbond substituents is 2. The van der Waals surface area contributed by atoms with Gasteiger partial charge in [0.25, 0.3) is 0 Å². The first-order valence-electron chi connectivity index (χ1n) is 16.2. The molecule has 1 aromatic heterocycles. The van der Waals surface area contributed by atoms with Crippen molar-refractivity contribution >= 4 is 10.9 Å². The number of aromatic nitrogens is 1. The summed E-state index contributed by atoms with van der Waals surface area (Å²) in [5, 5.41) is 53.1. The Morgan fingerprint density at radius 2 is 1.77 bits per heavy atom. The number of aliphatic hydroxyl groups excluding tert-OH is 3. The van der Waals surface area contributed by atoms with E-state index in [4.69, 9.17) is 14.2 Å². The van der Waals surface area contributed by atoms with Gasteiger partial charge in [0.1, 0.15) is 36.1 Å². The van der Waals surface area contributed by atoms with Crippen molar-refractivity contribution in [2.45, 2.75) is 56.3 Å². The Bertz CT molecular complexity index is 1980. The molecule has 5 aromatic rings. The van der Waals surface area contributed by atoms with Crippen LogP contribution >= 0.6 is 0 Å². The van der Waals surface area contributed by atoms with Crippen LogP contribution in [0.5, 0.6) is 28.7 Å². The van der Waals surface area contributed by atoms with Crippen LogP contribution < -0.4 is 14.2 Å². The lowest BCUT2D eigenvalue weighted by atomic mass is 9.72. The van der Waals surface area contributed by atoms with Crippen LogP contribution in [0.2, 0.25) is 0 Å². The molecule has 0 fully saturated rings. The molecular weight excluding hydrogens is 598 g/mol. The van der Waals surface area contributed by atoms with Crippen molar-refractivity contribution in [1.82, 2.24) is 4.98 Å². The van der Waals surface area contributed by atoms with Crippen LogP contribution in [-0.4, -0.2) is 62.5 Å². The summed E-state index contributed by atoms with van der Waals surface area (Å²) in [6, 6.07) is 18.9. The largest absolute Gasteiger partial charge is 0.508 e. The lowest BCUT2D eigenvalue weighted by Gasteiger charge is -2.40. The average molecular weight is 636 g/mol. The zero-order valence-corrected chi connectivity index (χ0v) is 25.8. The Hall–Kier alpha value is -4.70. The highest BCUT2D eigenvalue weighted by atomic mass is 16.5. The van der Waals surface area contributed by atoms with Gasteiger partial charge in [0, 0.05) is 34.8 Å². The number of hydrogen-bond acceptors (Lipinski definition) is 8. The highest BCUT2D eigenvalue weighted by Crippen LogP contribution is 2.56. The molecule has 0 unspecified atom stereocenters. The van der Waals surface area contributed by atoms with Crippen molar-refractivity contribution in [1.29, 1.82) is 0 Å². The molecule has 0 spiro atoms. The molecule has 8 rings (SSSR count). The normalized spacial score (nSPS) is 21.2. The SMILES string of the molecule is OCCOc1cc([C@H]2Oc3c(c4c(c5c3CC[C@H](CO)O5)-c3ccc(O)cc3[C@@H](Cc3ccc5[nH]ccc5c3)C4)C[C@H]2O)ccc1O.